The number of carbonyl (C=O) groups excluding carboxylic acids is 1. The Morgan fingerprint density at radius 2 is 2.16 bits per heavy atom. The van der Waals surface area contributed by atoms with Gasteiger partial charge in [-0.1, -0.05) is 30.3 Å². The molecule has 3 nitrogen and oxygen atoms in total. The van der Waals surface area contributed by atoms with Gasteiger partial charge >= 0.3 is 0 Å². The predicted octanol–water partition coefficient (Wildman–Crippen LogP) is 2.61. The summed E-state index contributed by atoms with van der Waals surface area (Å²) < 4.78 is 5.45. The number of hydrogen-bond acceptors (Lipinski definition) is 3. The normalized spacial score (nSPS) is 19.1. The van der Waals surface area contributed by atoms with Crippen molar-refractivity contribution in [2.75, 3.05) is 18.9 Å². The highest BCUT2D eigenvalue weighted by Crippen LogP contribution is 2.13. The molecule has 1 aromatic rings. The molecule has 4 heteroatoms. The SMILES string of the molecule is O=C(NCCSCc1ccccc1)[C@@H]1CCCCO1. The molecule has 1 N–H and O–H groups in total. The van der Waals surface area contributed by atoms with Crippen LogP contribution in [-0.4, -0.2) is 30.9 Å². The van der Waals surface area contributed by atoms with Crippen LogP contribution >= 0.6 is 11.8 Å². The lowest BCUT2D eigenvalue weighted by Crippen LogP contribution is -2.39. The number of thioether (sulfide) groups is 1. The molecule has 1 aromatic carbocycles. The van der Waals surface area contributed by atoms with Gasteiger partial charge in [-0.15, -0.1) is 0 Å². The van der Waals surface area contributed by atoms with Crippen LogP contribution in [0.4, 0.5) is 0 Å². The highest BCUT2D eigenvalue weighted by molar-refractivity contribution is 7.98. The van der Waals surface area contributed by atoms with Crippen LogP contribution in [0.2, 0.25) is 0 Å². The lowest BCUT2D eigenvalue weighted by atomic mass is 10.1. The van der Waals surface area contributed by atoms with Crippen molar-refractivity contribution in [2.24, 2.45) is 0 Å². The molecule has 104 valence electrons. The third-order valence-corrected chi connectivity index (χ3v) is 4.16. The van der Waals surface area contributed by atoms with E-state index in [2.05, 4.69) is 29.6 Å². The van der Waals surface area contributed by atoms with E-state index in [1.54, 1.807) is 0 Å². The summed E-state index contributed by atoms with van der Waals surface area (Å²) in [6.07, 6.45) is 2.83. The Morgan fingerprint density at radius 1 is 1.32 bits per heavy atom. The van der Waals surface area contributed by atoms with Crippen molar-refractivity contribution in [2.45, 2.75) is 31.1 Å². The Bertz CT molecular complexity index is 377. The molecule has 19 heavy (non-hydrogen) atoms. The molecule has 0 aliphatic carbocycles. The summed E-state index contributed by atoms with van der Waals surface area (Å²) in [6.45, 7) is 1.44. The lowest BCUT2D eigenvalue weighted by Gasteiger charge is -2.21. The van der Waals surface area contributed by atoms with Gasteiger partial charge in [-0.2, -0.15) is 11.8 Å². The Hall–Kier alpha value is -1.00. The molecular weight excluding hydrogens is 258 g/mol. The van der Waals surface area contributed by atoms with E-state index in [-0.39, 0.29) is 12.0 Å². The monoisotopic (exact) mass is 279 g/mol. The van der Waals surface area contributed by atoms with Crippen LogP contribution in [0.1, 0.15) is 24.8 Å². The molecular formula is C15H21NO2S. The molecule has 1 aliphatic heterocycles. The van der Waals surface area contributed by atoms with Crippen LogP contribution in [0.5, 0.6) is 0 Å². The standard InChI is InChI=1S/C15H21NO2S/c17-15(14-8-4-5-10-18-14)16-9-11-19-12-13-6-2-1-3-7-13/h1-3,6-7,14H,4-5,8-12H2,(H,16,17)/t14-/m0/s1. The second-order valence-electron chi connectivity index (χ2n) is 4.68. The zero-order valence-corrected chi connectivity index (χ0v) is 12.0. The minimum absolute atomic E-state index is 0.0556. The molecule has 1 atom stereocenters. The molecule has 0 spiro atoms. The molecule has 0 bridgehead atoms. The van der Waals surface area contributed by atoms with E-state index in [4.69, 9.17) is 4.74 Å². The summed E-state index contributed by atoms with van der Waals surface area (Å²) in [4.78, 5) is 11.8. The zero-order chi connectivity index (χ0) is 13.3. The minimum Gasteiger partial charge on any atom is -0.368 e. The third kappa shape index (κ3) is 5.25. The fraction of sp³-hybridized carbons (Fsp3) is 0.533. The second kappa shape index (κ2) is 8.23. The van der Waals surface area contributed by atoms with Crippen LogP contribution < -0.4 is 5.32 Å². The fourth-order valence-electron chi connectivity index (χ4n) is 2.07. The quantitative estimate of drug-likeness (QED) is 0.814. The third-order valence-electron chi connectivity index (χ3n) is 3.13. The second-order valence-corrected chi connectivity index (χ2v) is 5.79. The van der Waals surface area contributed by atoms with E-state index in [1.165, 1.54) is 5.56 Å². The Kier molecular flexibility index (Phi) is 6.24. The van der Waals surface area contributed by atoms with E-state index in [0.717, 1.165) is 43.9 Å². The number of benzene rings is 1. The van der Waals surface area contributed by atoms with Gasteiger partial charge < -0.3 is 10.1 Å². The molecule has 0 saturated carbocycles. The molecule has 1 fully saturated rings. The number of nitrogens with one attached hydrogen (secondary N) is 1. The van der Waals surface area contributed by atoms with E-state index in [1.807, 2.05) is 17.8 Å². The number of carbonyl (C=O) groups is 1. The van der Waals surface area contributed by atoms with Crippen LogP contribution in [0.25, 0.3) is 0 Å². The van der Waals surface area contributed by atoms with Gasteiger partial charge in [0.05, 0.1) is 0 Å². The lowest BCUT2D eigenvalue weighted by molar-refractivity contribution is -0.135. The number of amides is 1. The highest BCUT2D eigenvalue weighted by Gasteiger charge is 2.20. The molecule has 1 heterocycles. The van der Waals surface area contributed by atoms with Crippen molar-refractivity contribution in [1.82, 2.24) is 5.32 Å². The van der Waals surface area contributed by atoms with Gasteiger partial charge in [-0.05, 0) is 24.8 Å². The van der Waals surface area contributed by atoms with Crippen LogP contribution in [-0.2, 0) is 15.3 Å². The first-order valence-corrected chi connectivity index (χ1v) is 8.03. The van der Waals surface area contributed by atoms with Gasteiger partial charge in [0, 0.05) is 24.7 Å². The van der Waals surface area contributed by atoms with E-state index < -0.39 is 0 Å². The van der Waals surface area contributed by atoms with E-state index in [0.29, 0.717) is 0 Å². The summed E-state index contributed by atoms with van der Waals surface area (Å²) >= 11 is 1.84. The average molecular weight is 279 g/mol. The molecule has 0 radical (unpaired) electrons. The maximum absolute atomic E-state index is 11.8. The largest absolute Gasteiger partial charge is 0.368 e. The molecule has 2 rings (SSSR count). The van der Waals surface area contributed by atoms with Crippen LogP contribution in [0, 0.1) is 0 Å². The first kappa shape index (κ1) is 14.4. The van der Waals surface area contributed by atoms with E-state index >= 15 is 0 Å². The number of rotatable bonds is 6. The van der Waals surface area contributed by atoms with Crippen molar-refractivity contribution in [3.05, 3.63) is 35.9 Å². The predicted molar refractivity (Wildman–Crippen MR) is 79.2 cm³/mol. The summed E-state index contributed by atoms with van der Waals surface area (Å²) in [5.41, 5.74) is 1.33. The fourth-order valence-corrected chi connectivity index (χ4v) is 2.89. The molecule has 0 aromatic heterocycles. The van der Waals surface area contributed by atoms with Crippen molar-refractivity contribution < 1.29 is 9.53 Å². The number of ether oxygens (including phenoxy) is 1. The molecule has 0 unspecified atom stereocenters. The maximum atomic E-state index is 11.8. The van der Waals surface area contributed by atoms with Crippen molar-refractivity contribution in [3.8, 4) is 0 Å². The Morgan fingerprint density at radius 3 is 2.89 bits per heavy atom. The maximum Gasteiger partial charge on any atom is 0.249 e. The summed E-state index contributed by atoms with van der Waals surface area (Å²) in [6, 6.07) is 10.4. The Labute approximate surface area is 119 Å². The number of hydrogen-bond donors (Lipinski definition) is 1. The van der Waals surface area contributed by atoms with Crippen molar-refractivity contribution in [1.29, 1.82) is 0 Å². The Balaban J connectivity index is 1.55. The van der Waals surface area contributed by atoms with Gasteiger partial charge in [0.15, 0.2) is 0 Å². The smallest absolute Gasteiger partial charge is 0.249 e. The van der Waals surface area contributed by atoms with E-state index in [9.17, 15) is 4.79 Å². The van der Waals surface area contributed by atoms with Crippen molar-refractivity contribution in [3.63, 3.8) is 0 Å². The summed E-state index contributed by atoms with van der Waals surface area (Å²) in [5, 5.41) is 2.95. The van der Waals surface area contributed by atoms with Gasteiger partial charge in [0.25, 0.3) is 0 Å². The highest BCUT2D eigenvalue weighted by atomic mass is 32.2. The topological polar surface area (TPSA) is 38.3 Å². The molecule has 1 aliphatic rings. The molecule has 1 saturated heterocycles. The zero-order valence-electron chi connectivity index (χ0n) is 11.1. The van der Waals surface area contributed by atoms with Gasteiger partial charge in [0.2, 0.25) is 5.91 Å². The van der Waals surface area contributed by atoms with Crippen molar-refractivity contribution >= 4 is 17.7 Å². The van der Waals surface area contributed by atoms with Gasteiger partial charge in [0.1, 0.15) is 6.10 Å². The first-order valence-electron chi connectivity index (χ1n) is 6.87. The average Bonchev–Trinajstić information content (AvgIpc) is 2.49. The molecule has 1 amide bonds. The first-order chi connectivity index (χ1) is 9.36. The summed E-state index contributed by atoms with van der Waals surface area (Å²) in [5.74, 6) is 1.99. The van der Waals surface area contributed by atoms with Gasteiger partial charge in [-0.3, -0.25) is 4.79 Å². The van der Waals surface area contributed by atoms with Crippen LogP contribution in [0.3, 0.4) is 0 Å². The summed E-state index contributed by atoms with van der Waals surface area (Å²) in [7, 11) is 0. The minimum atomic E-state index is -0.215. The van der Waals surface area contributed by atoms with Crippen LogP contribution in [0.15, 0.2) is 30.3 Å². The van der Waals surface area contributed by atoms with Gasteiger partial charge in [-0.25, -0.2) is 0 Å².